The number of rotatable bonds is 5. The van der Waals surface area contributed by atoms with Crippen LogP contribution in [-0.2, 0) is 13.2 Å². The predicted molar refractivity (Wildman–Crippen MR) is 111 cm³/mol. The van der Waals surface area contributed by atoms with Crippen molar-refractivity contribution in [3.05, 3.63) is 35.4 Å². The topological polar surface area (TPSA) is 47.9 Å². The van der Waals surface area contributed by atoms with Gasteiger partial charge in [0.2, 0.25) is 0 Å². The smallest absolute Gasteiger partial charge is 0.194 e. The van der Waals surface area contributed by atoms with Crippen molar-refractivity contribution in [1.29, 1.82) is 0 Å². The molecule has 0 radical (unpaired) electrons. The summed E-state index contributed by atoms with van der Waals surface area (Å²) in [6.45, 7) is 8.03. The molecule has 1 unspecified atom stereocenters. The monoisotopic (exact) mass is 449 g/mol. The van der Waals surface area contributed by atoms with Gasteiger partial charge in [0.1, 0.15) is 0 Å². The second-order valence-electron chi connectivity index (χ2n) is 5.44. The van der Waals surface area contributed by atoms with Gasteiger partial charge < -0.3 is 15.3 Å². The Morgan fingerprint density at radius 2 is 2.09 bits per heavy atom. The van der Waals surface area contributed by atoms with Gasteiger partial charge >= 0.3 is 0 Å². The van der Waals surface area contributed by atoms with Crippen LogP contribution in [0.25, 0.3) is 0 Å². The first-order chi connectivity index (χ1) is 10.8. The van der Waals surface area contributed by atoms with Gasteiger partial charge in [-0.3, -0.25) is 0 Å². The van der Waals surface area contributed by atoms with E-state index < -0.39 is 0 Å². The van der Waals surface area contributed by atoms with Gasteiger partial charge in [0.15, 0.2) is 5.96 Å². The number of hydrogen-bond acceptors (Lipinski definition) is 3. The van der Waals surface area contributed by atoms with Crippen LogP contribution in [0.4, 0.5) is 0 Å². The van der Waals surface area contributed by atoms with Crippen LogP contribution in [-0.4, -0.2) is 46.6 Å². The van der Waals surface area contributed by atoms with E-state index in [-0.39, 0.29) is 30.6 Å². The van der Waals surface area contributed by atoms with Crippen molar-refractivity contribution in [2.75, 3.05) is 25.4 Å². The highest BCUT2D eigenvalue weighted by atomic mass is 127. The SMILES string of the molecule is CCNC(=NCc1ccccc1CO)N1CCSC(CC)C1.I. The number of thioether (sulfide) groups is 1. The average Bonchev–Trinajstić information content (AvgIpc) is 2.58. The second kappa shape index (κ2) is 11.1. The molecule has 1 aliphatic heterocycles. The molecule has 4 nitrogen and oxygen atoms in total. The molecule has 1 aromatic carbocycles. The summed E-state index contributed by atoms with van der Waals surface area (Å²) >= 11 is 2.07. The zero-order chi connectivity index (χ0) is 15.8. The fourth-order valence-corrected chi connectivity index (χ4v) is 3.79. The molecule has 1 heterocycles. The number of aliphatic hydroxyl groups excluding tert-OH is 1. The fourth-order valence-electron chi connectivity index (χ4n) is 2.61. The lowest BCUT2D eigenvalue weighted by molar-refractivity contribution is 0.280. The molecule has 1 aliphatic rings. The molecule has 2 rings (SSSR count). The van der Waals surface area contributed by atoms with Crippen molar-refractivity contribution in [2.24, 2.45) is 4.99 Å². The zero-order valence-electron chi connectivity index (χ0n) is 14.0. The summed E-state index contributed by atoms with van der Waals surface area (Å²) in [5.41, 5.74) is 2.06. The van der Waals surface area contributed by atoms with Crippen molar-refractivity contribution < 1.29 is 5.11 Å². The van der Waals surface area contributed by atoms with E-state index in [1.165, 1.54) is 6.42 Å². The summed E-state index contributed by atoms with van der Waals surface area (Å²) in [6.07, 6.45) is 1.20. The van der Waals surface area contributed by atoms with E-state index >= 15 is 0 Å². The summed E-state index contributed by atoms with van der Waals surface area (Å²) in [7, 11) is 0. The minimum absolute atomic E-state index is 0. The lowest BCUT2D eigenvalue weighted by Crippen LogP contribution is -2.48. The molecular formula is C17H28IN3OS. The maximum Gasteiger partial charge on any atom is 0.194 e. The summed E-state index contributed by atoms with van der Waals surface area (Å²) in [6, 6.07) is 7.96. The van der Waals surface area contributed by atoms with E-state index in [2.05, 4.69) is 35.8 Å². The molecule has 0 aliphatic carbocycles. The minimum atomic E-state index is 0. The molecular weight excluding hydrogens is 421 g/mol. The molecule has 0 amide bonds. The van der Waals surface area contributed by atoms with Gasteiger partial charge in [0.05, 0.1) is 13.2 Å². The summed E-state index contributed by atoms with van der Waals surface area (Å²) < 4.78 is 0. The number of nitrogens with one attached hydrogen (secondary N) is 1. The first-order valence-electron chi connectivity index (χ1n) is 8.11. The average molecular weight is 449 g/mol. The van der Waals surface area contributed by atoms with Gasteiger partial charge in [-0.2, -0.15) is 11.8 Å². The van der Waals surface area contributed by atoms with Crippen LogP contribution in [0.3, 0.4) is 0 Å². The molecule has 130 valence electrons. The molecule has 6 heteroatoms. The Morgan fingerprint density at radius 1 is 1.35 bits per heavy atom. The van der Waals surface area contributed by atoms with Crippen LogP contribution in [0.5, 0.6) is 0 Å². The Bertz CT molecular complexity index is 498. The van der Waals surface area contributed by atoms with E-state index in [0.717, 1.165) is 42.5 Å². The Balaban J connectivity index is 0.00000264. The Hall–Kier alpha value is -0.470. The van der Waals surface area contributed by atoms with E-state index in [0.29, 0.717) is 11.8 Å². The van der Waals surface area contributed by atoms with Gasteiger partial charge in [0, 0.05) is 30.6 Å². The summed E-state index contributed by atoms with van der Waals surface area (Å²) in [5, 5.41) is 13.5. The highest BCUT2D eigenvalue weighted by Crippen LogP contribution is 2.21. The normalized spacial score (nSPS) is 18.5. The highest BCUT2D eigenvalue weighted by Gasteiger charge is 2.21. The Kier molecular flexibility index (Phi) is 9.97. The maximum atomic E-state index is 9.43. The second-order valence-corrected chi connectivity index (χ2v) is 6.85. The fraction of sp³-hybridized carbons (Fsp3) is 0.588. The molecule has 1 atom stereocenters. The Labute approximate surface area is 161 Å². The third kappa shape index (κ3) is 6.15. The first-order valence-corrected chi connectivity index (χ1v) is 9.15. The molecule has 0 aromatic heterocycles. The standard InChI is InChI=1S/C17H27N3OS.HI/c1-3-16-12-20(9-10-22-16)17(18-4-2)19-11-14-7-5-6-8-15(14)13-21;/h5-8,16,21H,3-4,9-13H2,1-2H3,(H,18,19);1H. The number of halogens is 1. The molecule has 0 saturated carbocycles. The number of guanidine groups is 1. The first kappa shape index (κ1) is 20.6. The lowest BCUT2D eigenvalue weighted by atomic mass is 10.1. The molecule has 2 N–H and O–H groups in total. The van der Waals surface area contributed by atoms with Crippen LogP contribution in [0.1, 0.15) is 31.4 Å². The number of hydrogen-bond donors (Lipinski definition) is 2. The van der Waals surface area contributed by atoms with E-state index in [4.69, 9.17) is 4.99 Å². The largest absolute Gasteiger partial charge is 0.392 e. The molecule has 0 bridgehead atoms. The van der Waals surface area contributed by atoms with Gasteiger partial charge in [-0.05, 0) is 24.5 Å². The molecule has 1 aromatic rings. The van der Waals surface area contributed by atoms with Crippen LogP contribution in [0.2, 0.25) is 0 Å². The van der Waals surface area contributed by atoms with Crippen molar-refractivity contribution in [1.82, 2.24) is 10.2 Å². The summed E-state index contributed by atoms with van der Waals surface area (Å²) in [4.78, 5) is 7.17. The van der Waals surface area contributed by atoms with Crippen molar-refractivity contribution in [2.45, 2.75) is 38.7 Å². The highest BCUT2D eigenvalue weighted by molar-refractivity contribution is 14.0. The van der Waals surface area contributed by atoms with E-state index in [1.54, 1.807) is 0 Å². The van der Waals surface area contributed by atoms with Crippen molar-refractivity contribution in [3.8, 4) is 0 Å². The number of aliphatic imine (C=N–C) groups is 1. The van der Waals surface area contributed by atoms with E-state index in [1.807, 2.05) is 24.3 Å². The van der Waals surface area contributed by atoms with Crippen LogP contribution < -0.4 is 5.32 Å². The van der Waals surface area contributed by atoms with Gasteiger partial charge in [0.25, 0.3) is 0 Å². The van der Waals surface area contributed by atoms with E-state index in [9.17, 15) is 5.11 Å². The van der Waals surface area contributed by atoms with Gasteiger partial charge in [-0.25, -0.2) is 4.99 Å². The number of benzene rings is 1. The maximum absolute atomic E-state index is 9.43. The molecule has 0 spiro atoms. The van der Waals surface area contributed by atoms with Crippen LogP contribution in [0, 0.1) is 0 Å². The third-order valence-corrected chi connectivity index (χ3v) is 5.29. The van der Waals surface area contributed by atoms with Crippen LogP contribution >= 0.6 is 35.7 Å². The molecule has 23 heavy (non-hydrogen) atoms. The number of nitrogens with zero attached hydrogens (tertiary/aromatic N) is 2. The van der Waals surface area contributed by atoms with Crippen molar-refractivity contribution >= 4 is 41.7 Å². The van der Waals surface area contributed by atoms with Crippen molar-refractivity contribution in [3.63, 3.8) is 0 Å². The van der Waals surface area contributed by atoms with Gasteiger partial charge in [-0.15, -0.1) is 24.0 Å². The molecule has 1 saturated heterocycles. The minimum Gasteiger partial charge on any atom is -0.392 e. The third-order valence-electron chi connectivity index (χ3n) is 3.92. The number of aliphatic hydroxyl groups is 1. The van der Waals surface area contributed by atoms with Crippen LogP contribution in [0.15, 0.2) is 29.3 Å². The lowest BCUT2D eigenvalue weighted by Gasteiger charge is -2.34. The quantitative estimate of drug-likeness (QED) is 0.412. The predicted octanol–water partition coefficient (Wildman–Crippen LogP) is 3.09. The zero-order valence-corrected chi connectivity index (χ0v) is 17.1. The molecule has 1 fully saturated rings. The Morgan fingerprint density at radius 3 is 2.74 bits per heavy atom. The summed E-state index contributed by atoms with van der Waals surface area (Å²) in [5.74, 6) is 2.16. The van der Waals surface area contributed by atoms with Gasteiger partial charge in [-0.1, -0.05) is 31.2 Å².